The Morgan fingerprint density at radius 3 is 2.84 bits per heavy atom. The number of nitrogens with one attached hydrogen (secondary N) is 1. The highest BCUT2D eigenvalue weighted by Gasteiger charge is 2.22. The normalized spacial score (nSPS) is 18.7. The van der Waals surface area contributed by atoms with Crippen molar-refractivity contribution in [3.05, 3.63) is 35.4 Å². The van der Waals surface area contributed by atoms with Crippen LogP contribution in [0.2, 0.25) is 0 Å². The van der Waals surface area contributed by atoms with Crippen LogP contribution in [-0.4, -0.2) is 54.3 Å². The molecule has 2 rings (SSSR count). The molecule has 25 heavy (non-hydrogen) atoms. The van der Waals surface area contributed by atoms with Gasteiger partial charge in [-0.05, 0) is 58.2 Å². The van der Waals surface area contributed by atoms with E-state index in [1.165, 1.54) is 11.1 Å². The number of carbonyl (C=O) groups excluding carboxylic acids is 1. The standard InChI is InChI=1S/C20H32N2O3/c1-20(2,3)21-19(24)13-22(4)12-16(23)14-25-18-11-7-9-15-8-5-6-10-17(15)18/h5-6,8,10,16,18,23H,7,9,11-14H2,1-4H3,(H,21,24). The molecule has 0 heterocycles. The van der Waals surface area contributed by atoms with Crippen molar-refractivity contribution in [3.8, 4) is 0 Å². The summed E-state index contributed by atoms with van der Waals surface area (Å²) >= 11 is 0. The second kappa shape index (κ2) is 8.79. The number of carbonyl (C=O) groups is 1. The summed E-state index contributed by atoms with van der Waals surface area (Å²) < 4.78 is 5.98. The number of ether oxygens (including phenoxy) is 1. The van der Waals surface area contributed by atoms with Gasteiger partial charge in [0.1, 0.15) is 0 Å². The second-order valence-corrected chi connectivity index (χ2v) is 8.06. The highest BCUT2D eigenvalue weighted by molar-refractivity contribution is 5.78. The van der Waals surface area contributed by atoms with Crippen molar-refractivity contribution < 1.29 is 14.6 Å². The molecule has 0 saturated heterocycles. The zero-order chi connectivity index (χ0) is 18.4. The average molecular weight is 348 g/mol. The number of aliphatic hydroxyl groups excluding tert-OH is 1. The van der Waals surface area contributed by atoms with E-state index < -0.39 is 6.10 Å². The van der Waals surface area contributed by atoms with E-state index in [1.54, 1.807) is 0 Å². The molecule has 5 heteroatoms. The Hall–Kier alpha value is -1.43. The molecule has 0 saturated carbocycles. The maximum Gasteiger partial charge on any atom is 0.234 e. The van der Waals surface area contributed by atoms with Crippen molar-refractivity contribution in [1.29, 1.82) is 0 Å². The van der Waals surface area contributed by atoms with Crippen LogP contribution in [0.15, 0.2) is 24.3 Å². The average Bonchev–Trinajstić information content (AvgIpc) is 2.50. The quantitative estimate of drug-likeness (QED) is 0.794. The molecule has 1 aliphatic carbocycles. The lowest BCUT2D eigenvalue weighted by molar-refractivity contribution is -0.123. The van der Waals surface area contributed by atoms with Crippen molar-refractivity contribution in [2.45, 2.75) is 57.8 Å². The molecule has 2 unspecified atom stereocenters. The van der Waals surface area contributed by atoms with E-state index in [2.05, 4.69) is 23.5 Å². The van der Waals surface area contributed by atoms with E-state index in [0.717, 1.165) is 19.3 Å². The van der Waals surface area contributed by atoms with Crippen LogP contribution in [0.4, 0.5) is 0 Å². The third-order valence-corrected chi connectivity index (χ3v) is 4.25. The van der Waals surface area contributed by atoms with Crippen LogP contribution < -0.4 is 5.32 Å². The van der Waals surface area contributed by atoms with Gasteiger partial charge >= 0.3 is 0 Å². The summed E-state index contributed by atoms with van der Waals surface area (Å²) in [5.41, 5.74) is 2.36. The van der Waals surface area contributed by atoms with Crippen LogP contribution >= 0.6 is 0 Å². The first-order chi connectivity index (χ1) is 11.7. The summed E-state index contributed by atoms with van der Waals surface area (Å²) in [6, 6.07) is 8.38. The fourth-order valence-electron chi connectivity index (χ4n) is 3.29. The Bertz CT molecular complexity index is 568. The molecule has 0 spiro atoms. The van der Waals surface area contributed by atoms with Gasteiger partial charge in [-0.2, -0.15) is 0 Å². The maximum atomic E-state index is 11.9. The van der Waals surface area contributed by atoms with Gasteiger partial charge in [0.05, 0.1) is 25.4 Å². The predicted molar refractivity (Wildman–Crippen MR) is 99.5 cm³/mol. The SMILES string of the molecule is CN(CC(=O)NC(C)(C)C)CC(O)COC1CCCc2ccccc21. The Kier molecular flexibility index (Phi) is 6.99. The fraction of sp³-hybridized carbons (Fsp3) is 0.650. The highest BCUT2D eigenvalue weighted by atomic mass is 16.5. The van der Waals surface area contributed by atoms with Gasteiger partial charge in [0, 0.05) is 12.1 Å². The molecule has 0 aliphatic heterocycles. The third-order valence-electron chi connectivity index (χ3n) is 4.25. The van der Waals surface area contributed by atoms with Crippen LogP contribution in [0.25, 0.3) is 0 Å². The number of benzene rings is 1. The molecular weight excluding hydrogens is 316 g/mol. The molecule has 0 bridgehead atoms. The van der Waals surface area contributed by atoms with Gasteiger partial charge in [0.25, 0.3) is 0 Å². The number of amides is 1. The van der Waals surface area contributed by atoms with Crippen molar-refractivity contribution in [1.82, 2.24) is 10.2 Å². The highest BCUT2D eigenvalue weighted by Crippen LogP contribution is 2.32. The Balaban J connectivity index is 1.76. The van der Waals surface area contributed by atoms with E-state index in [1.807, 2.05) is 38.8 Å². The summed E-state index contributed by atoms with van der Waals surface area (Å²) in [6.45, 7) is 6.82. The minimum Gasteiger partial charge on any atom is -0.389 e. The minimum absolute atomic E-state index is 0.0377. The fourth-order valence-corrected chi connectivity index (χ4v) is 3.29. The number of hydrogen-bond acceptors (Lipinski definition) is 4. The smallest absolute Gasteiger partial charge is 0.234 e. The van der Waals surface area contributed by atoms with Crippen LogP contribution in [0.3, 0.4) is 0 Å². The Morgan fingerprint density at radius 2 is 2.12 bits per heavy atom. The predicted octanol–water partition coefficient (Wildman–Crippen LogP) is 2.29. The first-order valence-corrected chi connectivity index (χ1v) is 9.11. The van der Waals surface area contributed by atoms with Crippen LogP contribution in [0.1, 0.15) is 50.8 Å². The first-order valence-electron chi connectivity index (χ1n) is 9.11. The summed E-state index contributed by atoms with van der Waals surface area (Å²) in [5, 5.41) is 13.2. The number of nitrogens with zero attached hydrogens (tertiary/aromatic N) is 1. The Labute approximate surface area is 151 Å². The van der Waals surface area contributed by atoms with Crippen LogP contribution in [0, 0.1) is 0 Å². The van der Waals surface area contributed by atoms with Crippen molar-refractivity contribution in [3.63, 3.8) is 0 Å². The largest absolute Gasteiger partial charge is 0.389 e. The molecular formula is C20H32N2O3. The molecule has 0 radical (unpaired) electrons. The molecule has 0 fully saturated rings. The van der Waals surface area contributed by atoms with Gasteiger partial charge in [-0.3, -0.25) is 9.69 Å². The summed E-state index contributed by atoms with van der Waals surface area (Å²) in [4.78, 5) is 13.8. The molecule has 2 N–H and O–H groups in total. The number of aliphatic hydroxyl groups is 1. The van der Waals surface area contributed by atoms with Gasteiger partial charge in [0.15, 0.2) is 0 Å². The van der Waals surface area contributed by atoms with Crippen molar-refractivity contribution >= 4 is 5.91 Å². The molecule has 140 valence electrons. The van der Waals surface area contributed by atoms with Crippen LogP contribution in [-0.2, 0) is 16.0 Å². The van der Waals surface area contributed by atoms with E-state index >= 15 is 0 Å². The molecule has 5 nitrogen and oxygen atoms in total. The van der Waals surface area contributed by atoms with Crippen molar-refractivity contribution in [2.75, 3.05) is 26.7 Å². The van der Waals surface area contributed by atoms with Gasteiger partial charge in [-0.1, -0.05) is 24.3 Å². The third kappa shape index (κ3) is 6.77. The first kappa shape index (κ1) is 19.9. The lowest BCUT2D eigenvalue weighted by Crippen LogP contribution is -2.46. The number of hydrogen-bond donors (Lipinski definition) is 2. The summed E-state index contributed by atoms with van der Waals surface area (Å²) in [7, 11) is 1.83. The monoisotopic (exact) mass is 348 g/mol. The molecule has 1 amide bonds. The van der Waals surface area contributed by atoms with Crippen molar-refractivity contribution in [2.24, 2.45) is 0 Å². The number of likely N-dealkylation sites (N-methyl/N-ethyl adjacent to an activating group) is 1. The lowest BCUT2D eigenvalue weighted by atomic mass is 9.89. The number of aryl methyl sites for hydroxylation is 1. The minimum atomic E-state index is -0.610. The van der Waals surface area contributed by atoms with E-state index in [-0.39, 0.29) is 30.7 Å². The lowest BCUT2D eigenvalue weighted by Gasteiger charge is -2.28. The molecule has 1 aromatic carbocycles. The zero-order valence-electron chi connectivity index (χ0n) is 15.9. The molecule has 1 aliphatic rings. The molecule has 2 atom stereocenters. The van der Waals surface area contributed by atoms with Crippen LogP contribution in [0.5, 0.6) is 0 Å². The topological polar surface area (TPSA) is 61.8 Å². The second-order valence-electron chi connectivity index (χ2n) is 8.06. The molecule has 1 aromatic rings. The summed E-state index contributed by atoms with van der Waals surface area (Å²) in [5.74, 6) is -0.0377. The van der Waals surface area contributed by atoms with Gasteiger partial charge in [0.2, 0.25) is 5.91 Å². The van der Waals surface area contributed by atoms with E-state index in [9.17, 15) is 9.90 Å². The summed E-state index contributed by atoms with van der Waals surface area (Å²) in [6.07, 6.45) is 2.67. The Morgan fingerprint density at radius 1 is 1.40 bits per heavy atom. The van der Waals surface area contributed by atoms with Gasteiger partial charge in [-0.25, -0.2) is 0 Å². The van der Waals surface area contributed by atoms with E-state index in [4.69, 9.17) is 4.74 Å². The number of rotatable bonds is 7. The molecule has 0 aromatic heterocycles. The van der Waals surface area contributed by atoms with E-state index in [0.29, 0.717) is 6.54 Å². The number of fused-ring (bicyclic) bond motifs is 1. The van der Waals surface area contributed by atoms with Gasteiger partial charge in [-0.15, -0.1) is 0 Å². The zero-order valence-corrected chi connectivity index (χ0v) is 15.9. The maximum absolute atomic E-state index is 11.9. The van der Waals surface area contributed by atoms with Gasteiger partial charge < -0.3 is 15.2 Å².